The molecule has 3 rings (SSSR count). The smallest absolute Gasteiger partial charge is 0.251 e. The SMILES string of the molecule is Cc1ccc2[nH]c(=O)c(CCNC(=O)C(C)C3CC3)cc2c1. The van der Waals surface area contributed by atoms with Crippen molar-refractivity contribution in [2.75, 3.05) is 6.54 Å². The molecule has 116 valence electrons. The van der Waals surface area contributed by atoms with Crippen molar-refractivity contribution in [1.29, 1.82) is 0 Å². The number of aryl methyl sites for hydroxylation is 1. The van der Waals surface area contributed by atoms with Gasteiger partial charge in [0.25, 0.3) is 5.56 Å². The number of nitrogens with one attached hydrogen (secondary N) is 2. The molecule has 0 saturated heterocycles. The van der Waals surface area contributed by atoms with E-state index in [0.29, 0.717) is 18.9 Å². The summed E-state index contributed by atoms with van der Waals surface area (Å²) >= 11 is 0. The summed E-state index contributed by atoms with van der Waals surface area (Å²) in [6.07, 6.45) is 2.89. The van der Waals surface area contributed by atoms with Crippen molar-refractivity contribution in [2.45, 2.75) is 33.1 Å². The fraction of sp³-hybridized carbons (Fsp3) is 0.444. The minimum Gasteiger partial charge on any atom is -0.356 e. The molecule has 1 unspecified atom stereocenters. The molecule has 0 aliphatic heterocycles. The second kappa shape index (κ2) is 5.95. The van der Waals surface area contributed by atoms with E-state index < -0.39 is 0 Å². The van der Waals surface area contributed by atoms with Crippen molar-refractivity contribution < 1.29 is 4.79 Å². The molecule has 22 heavy (non-hydrogen) atoms. The molecule has 4 heteroatoms. The van der Waals surface area contributed by atoms with Gasteiger partial charge in [0.1, 0.15) is 0 Å². The van der Waals surface area contributed by atoms with Gasteiger partial charge in [0.2, 0.25) is 5.91 Å². The van der Waals surface area contributed by atoms with Crippen LogP contribution < -0.4 is 10.9 Å². The lowest BCUT2D eigenvalue weighted by molar-refractivity contribution is -0.125. The molecular weight excluding hydrogens is 276 g/mol. The normalized spacial score (nSPS) is 15.7. The molecule has 1 amide bonds. The summed E-state index contributed by atoms with van der Waals surface area (Å²) in [4.78, 5) is 26.9. The maximum atomic E-state index is 12.1. The van der Waals surface area contributed by atoms with Crippen LogP contribution in [0.15, 0.2) is 29.1 Å². The number of rotatable bonds is 5. The average molecular weight is 298 g/mol. The molecule has 1 atom stereocenters. The number of carbonyl (C=O) groups is 1. The van der Waals surface area contributed by atoms with Gasteiger partial charge in [0.15, 0.2) is 0 Å². The quantitative estimate of drug-likeness (QED) is 0.891. The van der Waals surface area contributed by atoms with Crippen molar-refractivity contribution >= 4 is 16.8 Å². The van der Waals surface area contributed by atoms with Gasteiger partial charge in [-0.1, -0.05) is 18.6 Å². The highest BCUT2D eigenvalue weighted by Crippen LogP contribution is 2.36. The number of fused-ring (bicyclic) bond motifs is 1. The van der Waals surface area contributed by atoms with E-state index in [1.54, 1.807) is 0 Å². The predicted molar refractivity (Wildman–Crippen MR) is 87.9 cm³/mol. The molecule has 0 radical (unpaired) electrons. The molecule has 0 spiro atoms. The van der Waals surface area contributed by atoms with Crippen LogP contribution in [0.5, 0.6) is 0 Å². The highest BCUT2D eigenvalue weighted by molar-refractivity contribution is 5.80. The Labute approximate surface area is 129 Å². The third-order valence-electron chi connectivity index (χ3n) is 4.51. The first-order valence-electron chi connectivity index (χ1n) is 7.95. The largest absolute Gasteiger partial charge is 0.356 e. The number of H-pyrrole nitrogens is 1. The number of hydrogen-bond donors (Lipinski definition) is 2. The van der Waals surface area contributed by atoms with E-state index in [0.717, 1.165) is 34.9 Å². The molecule has 1 aliphatic carbocycles. The summed E-state index contributed by atoms with van der Waals surface area (Å²) in [7, 11) is 0. The number of pyridine rings is 1. The molecule has 0 bridgehead atoms. The van der Waals surface area contributed by atoms with Gasteiger partial charge >= 0.3 is 0 Å². The Hall–Kier alpha value is -2.10. The zero-order valence-corrected chi connectivity index (χ0v) is 13.1. The molecule has 1 fully saturated rings. The van der Waals surface area contributed by atoms with Crippen LogP contribution in [-0.2, 0) is 11.2 Å². The summed E-state index contributed by atoms with van der Waals surface area (Å²) in [6.45, 7) is 4.53. The number of carbonyl (C=O) groups excluding carboxylic acids is 1. The number of hydrogen-bond acceptors (Lipinski definition) is 2. The van der Waals surface area contributed by atoms with Crippen molar-refractivity contribution in [2.24, 2.45) is 11.8 Å². The lowest BCUT2D eigenvalue weighted by atomic mass is 10.1. The Morgan fingerprint density at radius 2 is 2.14 bits per heavy atom. The summed E-state index contributed by atoms with van der Waals surface area (Å²) in [5.74, 6) is 0.764. The van der Waals surface area contributed by atoms with E-state index in [9.17, 15) is 9.59 Å². The fourth-order valence-electron chi connectivity index (χ4n) is 2.85. The van der Waals surface area contributed by atoms with Gasteiger partial charge in [-0.25, -0.2) is 0 Å². The summed E-state index contributed by atoms with van der Waals surface area (Å²) < 4.78 is 0. The van der Waals surface area contributed by atoms with E-state index in [4.69, 9.17) is 0 Å². The van der Waals surface area contributed by atoms with Crippen LogP contribution >= 0.6 is 0 Å². The van der Waals surface area contributed by atoms with Gasteiger partial charge in [-0.3, -0.25) is 9.59 Å². The van der Waals surface area contributed by atoms with Crippen molar-refractivity contribution in [3.63, 3.8) is 0 Å². The second-order valence-corrected chi connectivity index (χ2v) is 6.38. The van der Waals surface area contributed by atoms with Gasteiger partial charge in [-0.15, -0.1) is 0 Å². The van der Waals surface area contributed by atoms with E-state index in [1.807, 2.05) is 32.0 Å². The van der Waals surface area contributed by atoms with Gasteiger partial charge in [0, 0.05) is 23.5 Å². The zero-order valence-electron chi connectivity index (χ0n) is 13.1. The number of amides is 1. The molecular formula is C18H22N2O2. The Balaban J connectivity index is 1.66. The molecule has 1 aromatic carbocycles. The van der Waals surface area contributed by atoms with Crippen LogP contribution in [-0.4, -0.2) is 17.4 Å². The molecule has 4 nitrogen and oxygen atoms in total. The minimum atomic E-state index is -0.0687. The third-order valence-corrected chi connectivity index (χ3v) is 4.51. The van der Waals surface area contributed by atoms with Crippen LogP contribution in [0.4, 0.5) is 0 Å². The summed E-state index contributed by atoms with van der Waals surface area (Å²) in [5, 5.41) is 3.98. The molecule has 1 heterocycles. The van der Waals surface area contributed by atoms with E-state index in [1.165, 1.54) is 0 Å². The first kappa shape index (κ1) is 14.8. The monoisotopic (exact) mass is 298 g/mol. The molecule has 2 aromatic rings. The van der Waals surface area contributed by atoms with Gasteiger partial charge in [-0.2, -0.15) is 0 Å². The fourth-order valence-corrected chi connectivity index (χ4v) is 2.85. The van der Waals surface area contributed by atoms with Crippen molar-refractivity contribution in [1.82, 2.24) is 10.3 Å². The maximum absolute atomic E-state index is 12.1. The van der Waals surface area contributed by atoms with E-state index in [2.05, 4.69) is 16.4 Å². The Bertz CT molecular complexity index is 759. The first-order valence-corrected chi connectivity index (χ1v) is 7.95. The molecule has 1 aliphatic rings. The second-order valence-electron chi connectivity index (χ2n) is 6.38. The maximum Gasteiger partial charge on any atom is 0.251 e. The van der Waals surface area contributed by atoms with Crippen LogP contribution in [0.25, 0.3) is 10.9 Å². The number of aromatic nitrogens is 1. The average Bonchev–Trinajstić information content (AvgIpc) is 3.32. The van der Waals surface area contributed by atoms with E-state index in [-0.39, 0.29) is 17.4 Å². The first-order chi connectivity index (χ1) is 10.5. The summed E-state index contributed by atoms with van der Waals surface area (Å²) in [6, 6.07) is 7.90. The summed E-state index contributed by atoms with van der Waals surface area (Å²) in [5.41, 5.74) is 2.67. The van der Waals surface area contributed by atoms with E-state index >= 15 is 0 Å². The van der Waals surface area contributed by atoms with Crippen molar-refractivity contribution in [3.05, 3.63) is 45.7 Å². The Morgan fingerprint density at radius 1 is 1.36 bits per heavy atom. The predicted octanol–water partition coefficient (Wildman–Crippen LogP) is 2.54. The topological polar surface area (TPSA) is 62.0 Å². The lowest BCUT2D eigenvalue weighted by Crippen LogP contribution is -2.32. The lowest BCUT2D eigenvalue weighted by Gasteiger charge is -2.11. The van der Waals surface area contributed by atoms with Crippen molar-refractivity contribution in [3.8, 4) is 0 Å². The van der Waals surface area contributed by atoms with Gasteiger partial charge in [0.05, 0.1) is 0 Å². The third kappa shape index (κ3) is 3.21. The van der Waals surface area contributed by atoms with Gasteiger partial charge < -0.3 is 10.3 Å². The Morgan fingerprint density at radius 3 is 2.86 bits per heavy atom. The Kier molecular flexibility index (Phi) is 4.01. The number of aromatic amines is 1. The van der Waals surface area contributed by atoms with Crippen LogP contribution in [0.1, 0.15) is 30.9 Å². The van der Waals surface area contributed by atoms with Crippen LogP contribution in [0.2, 0.25) is 0 Å². The standard InChI is InChI=1S/C18H22N2O2/c1-11-3-6-16-15(9-11)10-14(18(22)20-16)7-8-19-17(21)12(2)13-4-5-13/h3,6,9-10,12-13H,4-5,7-8H2,1-2H3,(H,19,21)(H,20,22). The molecule has 1 saturated carbocycles. The zero-order chi connectivity index (χ0) is 15.7. The molecule has 2 N–H and O–H groups in total. The number of benzene rings is 1. The molecule has 1 aromatic heterocycles. The van der Waals surface area contributed by atoms with Crippen LogP contribution in [0.3, 0.4) is 0 Å². The highest BCUT2D eigenvalue weighted by atomic mass is 16.2. The van der Waals surface area contributed by atoms with Gasteiger partial charge in [-0.05, 0) is 55.7 Å². The van der Waals surface area contributed by atoms with Crippen LogP contribution in [0, 0.1) is 18.8 Å². The minimum absolute atomic E-state index is 0.0687. The highest BCUT2D eigenvalue weighted by Gasteiger charge is 2.32.